The zero-order valence-corrected chi connectivity index (χ0v) is 13.1. The fraction of sp³-hybridized carbons (Fsp3) is 0.211. The Morgan fingerprint density at radius 1 is 1.36 bits per heavy atom. The van der Waals surface area contributed by atoms with Crippen molar-refractivity contribution >= 4 is 17.7 Å². The Bertz CT molecular complexity index is 768. The minimum atomic E-state index is 0.0499. The number of allylic oxidation sites excluding steroid dienone is 2. The highest BCUT2D eigenvalue weighted by Crippen LogP contribution is 2.13. The number of aliphatic imine (C=N–C) groups is 2. The Hall–Kier alpha value is -2.73. The molecule has 3 heteroatoms. The molecule has 0 aliphatic carbocycles. The molecule has 22 heavy (non-hydrogen) atoms. The minimum Gasteiger partial charge on any atom is -0.295 e. The Balaban J connectivity index is 2.10. The van der Waals surface area contributed by atoms with Crippen molar-refractivity contribution in [3.05, 3.63) is 58.9 Å². The molecule has 0 bridgehead atoms. The van der Waals surface area contributed by atoms with Gasteiger partial charge in [-0.25, -0.2) is 0 Å². The summed E-state index contributed by atoms with van der Waals surface area (Å²) in [5.41, 5.74) is 4.48. The quantitative estimate of drug-likeness (QED) is 0.473. The summed E-state index contributed by atoms with van der Waals surface area (Å²) < 4.78 is 0. The van der Waals surface area contributed by atoms with E-state index in [2.05, 4.69) is 21.8 Å². The van der Waals surface area contributed by atoms with E-state index in [1.165, 1.54) is 0 Å². The zero-order valence-electron chi connectivity index (χ0n) is 13.1. The van der Waals surface area contributed by atoms with Crippen LogP contribution in [0.1, 0.15) is 41.8 Å². The molecule has 2 rings (SSSR count). The molecule has 0 unspecified atom stereocenters. The molecule has 0 amide bonds. The van der Waals surface area contributed by atoms with Crippen LogP contribution in [0.3, 0.4) is 0 Å². The van der Waals surface area contributed by atoms with Gasteiger partial charge in [-0.1, -0.05) is 30.0 Å². The lowest BCUT2D eigenvalue weighted by Gasteiger charge is -2.00. The highest BCUT2D eigenvalue weighted by molar-refractivity contribution is 6.32. The highest BCUT2D eigenvalue weighted by atomic mass is 16.1. The zero-order chi connectivity index (χ0) is 15.9. The van der Waals surface area contributed by atoms with E-state index >= 15 is 0 Å². The summed E-state index contributed by atoms with van der Waals surface area (Å²) in [4.78, 5) is 19.8. The van der Waals surface area contributed by atoms with Gasteiger partial charge in [0.1, 0.15) is 0 Å². The molecule has 1 aliphatic heterocycles. The second-order valence-corrected chi connectivity index (χ2v) is 5.05. The summed E-state index contributed by atoms with van der Waals surface area (Å²) in [5.74, 6) is 6.32. The molecule has 0 atom stereocenters. The summed E-state index contributed by atoms with van der Waals surface area (Å²) in [5, 5.41) is 0. The Labute approximate surface area is 131 Å². The highest BCUT2D eigenvalue weighted by Gasteiger charge is 2.06. The molecule has 1 aromatic rings. The lowest BCUT2D eigenvalue weighted by atomic mass is 10.0. The molecular formula is C19H18N2O. The van der Waals surface area contributed by atoms with E-state index in [1.54, 1.807) is 25.5 Å². The van der Waals surface area contributed by atoms with Crippen LogP contribution in [0.5, 0.6) is 0 Å². The lowest BCUT2D eigenvalue weighted by molar-refractivity contribution is 0.101. The standard InChI is InChI=1S/C19H18N2O/c1-4-9-20-13-19-10-16(12-21-19)6-8-17-11-18(15(3)22)7-5-14(17)2/h4-5,7,9,11-13H,10H2,1-3H3/b9-4-,20-13?. The van der Waals surface area contributed by atoms with Gasteiger partial charge in [0.25, 0.3) is 0 Å². The monoisotopic (exact) mass is 290 g/mol. The first-order valence-corrected chi connectivity index (χ1v) is 7.14. The second-order valence-electron chi connectivity index (χ2n) is 5.05. The van der Waals surface area contributed by atoms with Crippen LogP contribution in [0.2, 0.25) is 0 Å². The van der Waals surface area contributed by atoms with E-state index in [4.69, 9.17) is 0 Å². The molecule has 0 aromatic heterocycles. The van der Waals surface area contributed by atoms with Gasteiger partial charge in [-0.15, -0.1) is 0 Å². The first-order valence-electron chi connectivity index (χ1n) is 7.14. The average Bonchev–Trinajstić information content (AvgIpc) is 2.94. The number of carbonyl (C=O) groups excluding carboxylic acids is 1. The maximum absolute atomic E-state index is 11.4. The molecule has 110 valence electrons. The first kappa shape index (κ1) is 15.7. The number of nitrogens with zero attached hydrogens (tertiary/aromatic N) is 2. The molecule has 1 heterocycles. The molecule has 0 radical (unpaired) electrons. The fourth-order valence-corrected chi connectivity index (χ4v) is 1.94. The van der Waals surface area contributed by atoms with Crippen LogP contribution in [-0.2, 0) is 0 Å². The van der Waals surface area contributed by atoms with Gasteiger partial charge in [-0.3, -0.25) is 14.8 Å². The van der Waals surface area contributed by atoms with Gasteiger partial charge in [0.05, 0.1) is 5.71 Å². The van der Waals surface area contributed by atoms with Crippen LogP contribution in [-0.4, -0.2) is 17.7 Å². The van der Waals surface area contributed by atoms with E-state index in [0.717, 1.165) is 22.4 Å². The van der Waals surface area contributed by atoms with Crippen molar-refractivity contribution in [2.45, 2.75) is 27.2 Å². The number of rotatable bonds is 3. The van der Waals surface area contributed by atoms with E-state index in [0.29, 0.717) is 12.0 Å². The number of aryl methyl sites for hydroxylation is 1. The Kier molecular flexibility index (Phi) is 5.21. The van der Waals surface area contributed by atoms with Gasteiger partial charge in [0.2, 0.25) is 0 Å². The third-order valence-electron chi connectivity index (χ3n) is 3.22. The number of carbonyl (C=O) groups is 1. The SMILES string of the molecule is C/C=C\N=CC1=NC=C(C#Cc2cc(C(C)=O)ccc2C)C1. The Morgan fingerprint density at radius 2 is 2.18 bits per heavy atom. The molecule has 0 saturated heterocycles. The second kappa shape index (κ2) is 7.33. The number of hydrogen-bond acceptors (Lipinski definition) is 3. The summed E-state index contributed by atoms with van der Waals surface area (Å²) in [6.45, 7) is 5.47. The molecule has 0 spiro atoms. The summed E-state index contributed by atoms with van der Waals surface area (Å²) >= 11 is 0. The van der Waals surface area contributed by atoms with Gasteiger partial charge in [0, 0.05) is 41.7 Å². The number of hydrogen-bond donors (Lipinski definition) is 0. The summed E-state index contributed by atoms with van der Waals surface area (Å²) in [7, 11) is 0. The third-order valence-corrected chi connectivity index (χ3v) is 3.22. The molecule has 1 aromatic carbocycles. The number of ketones is 1. The fourth-order valence-electron chi connectivity index (χ4n) is 1.94. The molecular weight excluding hydrogens is 272 g/mol. The van der Waals surface area contributed by atoms with Crippen molar-refractivity contribution in [3.8, 4) is 11.8 Å². The van der Waals surface area contributed by atoms with Gasteiger partial charge in [-0.2, -0.15) is 0 Å². The lowest BCUT2D eigenvalue weighted by Crippen LogP contribution is -1.96. The molecule has 0 N–H and O–H groups in total. The van der Waals surface area contributed by atoms with Crippen LogP contribution >= 0.6 is 0 Å². The van der Waals surface area contributed by atoms with Gasteiger partial charge >= 0.3 is 0 Å². The maximum Gasteiger partial charge on any atom is 0.159 e. The molecule has 3 nitrogen and oxygen atoms in total. The van der Waals surface area contributed by atoms with Crippen molar-refractivity contribution in [2.24, 2.45) is 9.98 Å². The molecule has 1 aliphatic rings. The van der Waals surface area contributed by atoms with Crippen molar-refractivity contribution in [2.75, 3.05) is 0 Å². The van der Waals surface area contributed by atoms with Crippen LogP contribution in [0.15, 0.2) is 52.2 Å². The van der Waals surface area contributed by atoms with E-state index in [1.807, 2.05) is 38.1 Å². The largest absolute Gasteiger partial charge is 0.295 e. The summed E-state index contributed by atoms with van der Waals surface area (Å²) in [6, 6.07) is 5.60. The number of benzene rings is 1. The van der Waals surface area contributed by atoms with E-state index < -0.39 is 0 Å². The van der Waals surface area contributed by atoms with Crippen LogP contribution in [0.4, 0.5) is 0 Å². The van der Waals surface area contributed by atoms with Crippen molar-refractivity contribution < 1.29 is 4.79 Å². The van der Waals surface area contributed by atoms with Crippen molar-refractivity contribution in [1.29, 1.82) is 0 Å². The van der Waals surface area contributed by atoms with Crippen LogP contribution < -0.4 is 0 Å². The normalized spacial score (nSPS) is 14.0. The minimum absolute atomic E-state index is 0.0499. The number of Topliss-reactive ketones (excluding diaryl/α,β-unsaturated/α-hetero) is 1. The van der Waals surface area contributed by atoms with Gasteiger partial charge in [-0.05, 0) is 32.4 Å². The molecule has 0 fully saturated rings. The smallest absolute Gasteiger partial charge is 0.159 e. The van der Waals surface area contributed by atoms with Crippen LogP contribution in [0, 0.1) is 18.8 Å². The maximum atomic E-state index is 11.4. The average molecular weight is 290 g/mol. The predicted molar refractivity (Wildman–Crippen MR) is 91.5 cm³/mol. The third kappa shape index (κ3) is 4.13. The topological polar surface area (TPSA) is 41.8 Å². The predicted octanol–water partition coefficient (Wildman–Crippen LogP) is 3.88. The van der Waals surface area contributed by atoms with Gasteiger partial charge in [0.15, 0.2) is 5.78 Å². The van der Waals surface area contributed by atoms with Gasteiger partial charge < -0.3 is 0 Å². The van der Waals surface area contributed by atoms with E-state index in [-0.39, 0.29) is 5.78 Å². The van der Waals surface area contributed by atoms with E-state index in [9.17, 15) is 4.79 Å². The van der Waals surface area contributed by atoms with Crippen LogP contribution in [0.25, 0.3) is 0 Å². The summed E-state index contributed by atoms with van der Waals surface area (Å²) in [6.07, 6.45) is 7.80. The first-order chi connectivity index (χ1) is 10.6. The molecule has 0 saturated carbocycles. The Morgan fingerprint density at radius 3 is 2.91 bits per heavy atom. The van der Waals surface area contributed by atoms with Crippen molar-refractivity contribution in [1.82, 2.24) is 0 Å². The van der Waals surface area contributed by atoms with Crippen molar-refractivity contribution in [3.63, 3.8) is 0 Å².